The maximum Gasteiger partial charge on any atom is 0.235 e. The van der Waals surface area contributed by atoms with E-state index in [1.54, 1.807) is 7.11 Å². The number of fused-ring (bicyclic) bond motifs is 2. The summed E-state index contributed by atoms with van der Waals surface area (Å²) in [7, 11) is 1.60. The molecule has 0 spiro atoms. The fraction of sp³-hybridized carbons (Fsp3) is 0.423. The first-order chi connectivity index (χ1) is 17.0. The molecule has 1 aliphatic heterocycles. The molecule has 0 bridgehead atoms. The minimum absolute atomic E-state index is 0.00597. The highest BCUT2D eigenvalue weighted by atomic mass is 32.2. The number of halogens is 1. The lowest BCUT2D eigenvalue weighted by Gasteiger charge is -2.33. The van der Waals surface area contributed by atoms with Crippen LogP contribution in [-0.4, -0.2) is 40.8 Å². The maximum atomic E-state index is 14.7. The molecule has 35 heavy (non-hydrogen) atoms. The van der Waals surface area contributed by atoms with Crippen LogP contribution in [0, 0.1) is 11.7 Å². The van der Waals surface area contributed by atoms with Crippen LogP contribution in [0.25, 0.3) is 10.9 Å². The van der Waals surface area contributed by atoms with E-state index in [2.05, 4.69) is 20.6 Å². The molecule has 184 valence electrons. The van der Waals surface area contributed by atoms with E-state index in [-0.39, 0.29) is 17.8 Å². The van der Waals surface area contributed by atoms with Crippen LogP contribution in [0.4, 0.5) is 10.2 Å². The molecule has 1 fully saturated rings. The number of hydrogen-bond acceptors (Lipinski definition) is 7. The van der Waals surface area contributed by atoms with Gasteiger partial charge in [-0.3, -0.25) is 9.78 Å². The third-order valence-electron chi connectivity index (χ3n) is 7.06. The number of amides is 1. The smallest absolute Gasteiger partial charge is 0.235 e. The van der Waals surface area contributed by atoms with Gasteiger partial charge in [0.05, 0.1) is 35.2 Å². The van der Waals surface area contributed by atoms with Crippen LogP contribution >= 0.6 is 11.8 Å². The summed E-state index contributed by atoms with van der Waals surface area (Å²) in [5.74, 6) is 1.80. The van der Waals surface area contributed by atoms with E-state index in [1.807, 2.05) is 30.3 Å². The summed E-state index contributed by atoms with van der Waals surface area (Å²) in [6.07, 6.45) is 5.79. The molecule has 2 aliphatic rings. The zero-order valence-electron chi connectivity index (χ0n) is 19.7. The number of benzene rings is 1. The summed E-state index contributed by atoms with van der Waals surface area (Å²) in [6.45, 7) is 0.658. The minimum Gasteiger partial charge on any atom is -0.497 e. The second-order valence-corrected chi connectivity index (χ2v) is 10.3. The Morgan fingerprint density at radius 3 is 2.89 bits per heavy atom. The lowest BCUT2D eigenvalue weighted by atomic mass is 9.79. The fourth-order valence-electron chi connectivity index (χ4n) is 5.04. The lowest BCUT2D eigenvalue weighted by Crippen LogP contribution is -2.39. The molecule has 0 radical (unpaired) electrons. The van der Waals surface area contributed by atoms with Crippen molar-refractivity contribution in [2.45, 2.75) is 55.6 Å². The van der Waals surface area contributed by atoms with Crippen molar-refractivity contribution in [2.75, 3.05) is 18.2 Å². The van der Waals surface area contributed by atoms with Gasteiger partial charge in [-0.15, -0.1) is 11.8 Å². The fourth-order valence-corrected chi connectivity index (χ4v) is 5.80. The number of ether oxygens (including phenoxy) is 1. The number of hydrogen-bond donors (Lipinski definition) is 3. The monoisotopic (exact) mass is 495 g/mol. The number of methoxy groups -OCH3 is 1. The summed E-state index contributed by atoms with van der Waals surface area (Å²) < 4.78 is 20.1. The van der Waals surface area contributed by atoms with Gasteiger partial charge in [0.1, 0.15) is 17.4 Å². The zero-order valence-corrected chi connectivity index (χ0v) is 20.5. The lowest BCUT2D eigenvalue weighted by molar-refractivity contribution is -0.113. The van der Waals surface area contributed by atoms with Crippen molar-refractivity contribution in [1.82, 2.24) is 15.3 Å². The number of aromatic nitrogens is 2. The van der Waals surface area contributed by atoms with E-state index in [9.17, 15) is 9.18 Å². The number of rotatable bonds is 7. The number of thioether (sulfide) groups is 1. The van der Waals surface area contributed by atoms with Gasteiger partial charge < -0.3 is 21.1 Å². The Labute approximate surface area is 208 Å². The standard InChI is InChI=1S/C26H30FN5O2S/c1-34-18-7-8-23-20(10-18)19(21(27)13-30-23)11-22(28)15-2-4-16(5-3-15)29-12-17-6-9-24-26(31-17)32-25(33)14-35-24/h6-10,13,15-16,22,29H,2-5,11-12,14,28H2,1H3,(H,31,32,33)/t15-,16-,22-/m0/s1. The average Bonchev–Trinajstić information content (AvgIpc) is 2.88. The first-order valence-corrected chi connectivity index (χ1v) is 13.0. The molecule has 9 heteroatoms. The van der Waals surface area contributed by atoms with Crippen LogP contribution in [0.2, 0.25) is 0 Å². The molecule has 2 aromatic heterocycles. The molecule has 0 saturated heterocycles. The normalized spacial score (nSPS) is 20.8. The Morgan fingerprint density at radius 2 is 2.09 bits per heavy atom. The van der Waals surface area contributed by atoms with Crippen molar-refractivity contribution < 1.29 is 13.9 Å². The predicted octanol–water partition coefficient (Wildman–Crippen LogP) is 4.04. The van der Waals surface area contributed by atoms with Crippen molar-refractivity contribution >= 4 is 34.4 Å². The van der Waals surface area contributed by atoms with Gasteiger partial charge in [0, 0.05) is 29.6 Å². The molecule has 1 amide bonds. The van der Waals surface area contributed by atoms with Gasteiger partial charge in [0.2, 0.25) is 5.91 Å². The van der Waals surface area contributed by atoms with Crippen LogP contribution in [0.1, 0.15) is 36.9 Å². The van der Waals surface area contributed by atoms with E-state index in [0.29, 0.717) is 47.8 Å². The number of carbonyl (C=O) groups is 1. The van der Waals surface area contributed by atoms with Gasteiger partial charge in [-0.05, 0) is 68.4 Å². The first-order valence-electron chi connectivity index (χ1n) is 12.0. The summed E-state index contributed by atoms with van der Waals surface area (Å²) in [5.41, 5.74) is 8.89. The van der Waals surface area contributed by atoms with E-state index in [0.717, 1.165) is 47.2 Å². The molecule has 1 aromatic carbocycles. The largest absolute Gasteiger partial charge is 0.497 e. The highest BCUT2D eigenvalue weighted by molar-refractivity contribution is 8.00. The number of carbonyl (C=O) groups excluding carboxylic acids is 1. The minimum atomic E-state index is -0.316. The van der Waals surface area contributed by atoms with E-state index in [4.69, 9.17) is 10.5 Å². The molecule has 3 aromatic rings. The van der Waals surface area contributed by atoms with E-state index >= 15 is 0 Å². The number of nitrogens with two attached hydrogens (primary N) is 1. The summed E-state index contributed by atoms with van der Waals surface area (Å²) in [6, 6.07) is 9.84. The maximum absolute atomic E-state index is 14.7. The molecule has 7 nitrogen and oxygen atoms in total. The molecule has 4 N–H and O–H groups in total. The Hall–Kier alpha value is -2.75. The van der Waals surface area contributed by atoms with Crippen molar-refractivity contribution in [3.63, 3.8) is 0 Å². The van der Waals surface area contributed by atoms with Crippen molar-refractivity contribution in [1.29, 1.82) is 0 Å². The zero-order chi connectivity index (χ0) is 24.4. The van der Waals surface area contributed by atoms with Crippen LogP contribution in [0.15, 0.2) is 41.4 Å². The van der Waals surface area contributed by atoms with E-state index < -0.39 is 0 Å². The second-order valence-electron chi connectivity index (χ2n) is 9.31. The van der Waals surface area contributed by atoms with Crippen molar-refractivity contribution in [3.8, 4) is 5.75 Å². The first kappa shape index (κ1) is 24.0. The Bertz CT molecular complexity index is 1230. The van der Waals surface area contributed by atoms with Gasteiger partial charge in [-0.1, -0.05) is 0 Å². The van der Waals surface area contributed by atoms with Crippen LogP contribution < -0.4 is 21.1 Å². The van der Waals surface area contributed by atoms with Gasteiger partial charge >= 0.3 is 0 Å². The Kier molecular flexibility index (Phi) is 7.17. The highest BCUT2D eigenvalue weighted by Crippen LogP contribution is 2.32. The van der Waals surface area contributed by atoms with Crippen LogP contribution in [-0.2, 0) is 17.8 Å². The molecule has 3 heterocycles. The quantitative estimate of drug-likeness (QED) is 0.455. The van der Waals surface area contributed by atoms with Gasteiger partial charge in [-0.25, -0.2) is 9.37 Å². The van der Waals surface area contributed by atoms with Gasteiger partial charge in [-0.2, -0.15) is 0 Å². The molecular weight excluding hydrogens is 465 g/mol. The molecule has 5 rings (SSSR count). The highest BCUT2D eigenvalue weighted by Gasteiger charge is 2.27. The van der Waals surface area contributed by atoms with E-state index in [1.165, 1.54) is 18.0 Å². The predicted molar refractivity (Wildman–Crippen MR) is 136 cm³/mol. The molecule has 0 unspecified atom stereocenters. The summed E-state index contributed by atoms with van der Waals surface area (Å²) in [5, 5.41) is 7.22. The van der Waals surface area contributed by atoms with Crippen molar-refractivity contribution in [3.05, 3.63) is 53.6 Å². The number of nitrogens with zero attached hydrogens (tertiary/aromatic N) is 2. The molecule has 1 aliphatic carbocycles. The Balaban J connectivity index is 1.16. The number of nitrogens with one attached hydrogen (secondary N) is 2. The Morgan fingerprint density at radius 1 is 1.26 bits per heavy atom. The summed E-state index contributed by atoms with van der Waals surface area (Å²) in [4.78, 5) is 21.5. The topological polar surface area (TPSA) is 102 Å². The molecular formula is C26H30FN5O2S. The molecule has 1 atom stereocenters. The van der Waals surface area contributed by atoms with Crippen LogP contribution in [0.3, 0.4) is 0 Å². The summed E-state index contributed by atoms with van der Waals surface area (Å²) >= 11 is 1.52. The SMILES string of the molecule is COc1ccc2ncc(F)c(C[C@H](N)[C@H]3CC[C@H](NCc4ccc5c(n4)NC(=O)CS5)CC3)c2c1. The number of anilines is 1. The number of pyridine rings is 2. The van der Waals surface area contributed by atoms with Gasteiger partial charge in [0.25, 0.3) is 0 Å². The molecule has 1 saturated carbocycles. The average molecular weight is 496 g/mol. The third kappa shape index (κ3) is 5.42. The van der Waals surface area contributed by atoms with Crippen molar-refractivity contribution in [2.24, 2.45) is 11.7 Å². The second kappa shape index (κ2) is 10.5. The van der Waals surface area contributed by atoms with Crippen LogP contribution in [0.5, 0.6) is 5.75 Å². The van der Waals surface area contributed by atoms with Gasteiger partial charge in [0.15, 0.2) is 0 Å². The third-order valence-corrected chi connectivity index (χ3v) is 8.10.